The van der Waals surface area contributed by atoms with E-state index in [1.54, 1.807) is 57.2 Å². The molecule has 9 aromatic heterocycles. The highest BCUT2D eigenvalue weighted by Crippen LogP contribution is 2.44. The van der Waals surface area contributed by atoms with Crippen LogP contribution in [0.4, 0.5) is 35.0 Å². The number of fused-ring (bicyclic) bond motifs is 6. The lowest BCUT2D eigenvalue weighted by Gasteiger charge is -2.46. The molecule has 3 saturated heterocycles. The number of hydrogen-bond acceptors (Lipinski definition) is 28. The standard InChI is InChI=1S/C31H44N8O4.2C29H38F2N8O3/c1-17(2)38(13-23-26(40)27(41)30(43-23)39-16-35-25-28(32)33-15-34-29(25)39)20-10-18(11-20)6-9-24-36-21-8-7-19(12-22(21)37-24)31(3,4)14-42-5;2*1-15(2)38(12-21-24(40)25(41)28(42-21)39-14-35-23-26(32)33-13-34-27(23)39)18-8-16(9-18)5-7-22-36-19-6-4-17(10-20(19)37-22)11-29(3,30)31/h7-8,12,15-18,20,23,26-27,30,40-41H,6,9-11,13-14H2,1-5H3,(H,36,37)(H2,32,33,34);2*4,6,10,13-16,18,21,24-25,28,40-41H,5,7-9,11-12H2,1-3H3,(H,36,37)(H2,32,33,34)/t18?,20?,23-,26-,27-,30-;2*16?,18?,21-,24-,25-,28-/m111/s1. The number of benzene rings is 3. The largest absolute Gasteiger partial charge is 0.387 e. The average molecular weight is 1760 g/mol. The number of halogens is 4. The number of ether oxygens (including phenoxy) is 4. The van der Waals surface area contributed by atoms with E-state index in [1.165, 1.54) is 43.5 Å². The quantitative estimate of drug-likeness (QED) is 0.0180. The number of anilines is 3. The first kappa shape index (κ1) is 90.7. The number of aliphatic hydroxyl groups excluding tert-OH is 6. The third-order valence-electron chi connectivity index (χ3n) is 26.6. The molecule has 34 nitrogen and oxygen atoms in total. The maximum Gasteiger partial charge on any atom is 0.249 e. The van der Waals surface area contributed by atoms with Gasteiger partial charge in [0.15, 0.2) is 53.1 Å². The number of methoxy groups -OCH3 is 1. The third kappa shape index (κ3) is 19.8. The number of imidazole rings is 6. The Hall–Kier alpha value is -9.68. The number of aromatic amines is 3. The fraction of sp³-hybridized carbons (Fsp3) is 0.596. The molecule has 3 aliphatic carbocycles. The lowest BCUT2D eigenvalue weighted by atomic mass is 9.76. The fourth-order valence-corrected chi connectivity index (χ4v) is 19.5. The van der Waals surface area contributed by atoms with Crippen molar-refractivity contribution in [1.82, 2.24) is 103 Å². The highest BCUT2D eigenvalue weighted by Gasteiger charge is 2.51. The minimum Gasteiger partial charge on any atom is -0.387 e. The summed E-state index contributed by atoms with van der Waals surface area (Å²) in [7, 11) is 1.74. The van der Waals surface area contributed by atoms with Gasteiger partial charge in [-0.25, -0.2) is 77.4 Å². The van der Waals surface area contributed by atoms with Crippen molar-refractivity contribution >= 4 is 84.0 Å². The predicted octanol–water partition coefficient (Wildman–Crippen LogP) is 9.40. The number of rotatable bonds is 31. The molecular formula is C89H120F4N24O10. The molecule has 0 radical (unpaired) electrons. The first-order chi connectivity index (χ1) is 60.5. The molecule has 38 heteroatoms. The van der Waals surface area contributed by atoms with Crippen LogP contribution in [0.15, 0.2) is 92.6 Å². The van der Waals surface area contributed by atoms with E-state index in [-0.39, 0.29) is 53.8 Å². The molecule has 6 fully saturated rings. The normalized spacial score (nSPS) is 26.5. The molecule has 0 spiro atoms. The molecule has 12 aromatic rings. The van der Waals surface area contributed by atoms with Gasteiger partial charge in [-0.15, -0.1) is 0 Å². The van der Waals surface area contributed by atoms with E-state index in [0.29, 0.717) is 107 Å². The second kappa shape index (κ2) is 37.1. The van der Waals surface area contributed by atoms with Gasteiger partial charge >= 0.3 is 0 Å². The topological polar surface area (TPSA) is 463 Å². The second-order valence-corrected chi connectivity index (χ2v) is 37.6. The van der Waals surface area contributed by atoms with E-state index in [0.717, 1.165) is 141 Å². The Bertz CT molecular complexity index is 5530. The van der Waals surface area contributed by atoms with E-state index in [9.17, 15) is 48.2 Å². The minimum atomic E-state index is -2.75. The lowest BCUT2D eigenvalue weighted by Crippen LogP contribution is -2.52. The van der Waals surface area contributed by atoms with Crippen LogP contribution in [0.5, 0.6) is 0 Å². The summed E-state index contributed by atoms with van der Waals surface area (Å²) in [6.07, 6.45) is 8.93. The molecule has 127 heavy (non-hydrogen) atoms. The number of aromatic nitrogens is 18. The van der Waals surface area contributed by atoms with Gasteiger partial charge in [-0.1, -0.05) is 32.0 Å². The summed E-state index contributed by atoms with van der Waals surface area (Å²) in [4.78, 5) is 68.8. The number of nitrogens with two attached hydrogens (primary N) is 3. The summed E-state index contributed by atoms with van der Waals surface area (Å²) in [6.45, 7) is 21.2. The molecule has 3 aliphatic heterocycles. The zero-order valence-electron chi connectivity index (χ0n) is 73.6. The molecule has 15 N–H and O–H groups in total. The van der Waals surface area contributed by atoms with Crippen molar-refractivity contribution in [3.05, 3.63) is 127 Å². The van der Waals surface area contributed by atoms with Crippen molar-refractivity contribution in [3.63, 3.8) is 0 Å². The Kier molecular flexibility index (Phi) is 26.5. The summed E-state index contributed by atoms with van der Waals surface area (Å²) in [5.74, 6) is -0.294. The van der Waals surface area contributed by atoms with Crippen LogP contribution >= 0.6 is 0 Å². The average Bonchev–Trinajstić information content (AvgIpc) is 1.57. The van der Waals surface area contributed by atoms with Gasteiger partial charge in [0, 0.05) is 101 Å². The zero-order valence-corrected chi connectivity index (χ0v) is 73.6. The van der Waals surface area contributed by atoms with Crippen LogP contribution in [0, 0.1) is 17.8 Å². The van der Waals surface area contributed by atoms with Crippen LogP contribution in [0.1, 0.15) is 180 Å². The molecule has 6 aliphatic rings. The van der Waals surface area contributed by atoms with Crippen molar-refractivity contribution in [2.75, 3.05) is 50.6 Å². The first-order valence-corrected chi connectivity index (χ1v) is 44.3. The predicted molar refractivity (Wildman–Crippen MR) is 469 cm³/mol. The number of nitrogens with one attached hydrogen (secondary N) is 3. The van der Waals surface area contributed by atoms with Crippen LogP contribution in [-0.4, -0.2) is 270 Å². The molecular weight excluding hydrogens is 1640 g/mol. The summed E-state index contributed by atoms with van der Waals surface area (Å²) in [5, 5.41) is 65.4. The highest BCUT2D eigenvalue weighted by atomic mass is 19.3. The first-order valence-electron chi connectivity index (χ1n) is 44.3. The van der Waals surface area contributed by atoms with Crippen LogP contribution in [0.25, 0.3) is 66.6 Å². The summed E-state index contributed by atoms with van der Waals surface area (Å²) in [6, 6.07) is 18.8. The number of H-pyrrole nitrogens is 3. The molecule has 12 heterocycles. The van der Waals surface area contributed by atoms with Crippen molar-refractivity contribution in [2.45, 2.75) is 286 Å². The van der Waals surface area contributed by atoms with E-state index >= 15 is 0 Å². The van der Waals surface area contributed by atoms with Crippen molar-refractivity contribution in [1.29, 1.82) is 0 Å². The van der Waals surface area contributed by atoms with Gasteiger partial charge in [-0.05, 0) is 184 Å². The number of nitrogen functional groups attached to an aromatic ring is 3. The molecule has 3 aromatic carbocycles. The van der Waals surface area contributed by atoms with Gasteiger partial charge in [-0.2, -0.15) is 0 Å². The molecule has 12 atom stereocenters. The van der Waals surface area contributed by atoms with Crippen molar-refractivity contribution in [2.24, 2.45) is 17.8 Å². The zero-order chi connectivity index (χ0) is 90.0. The van der Waals surface area contributed by atoms with Gasteiger partial charge in [-0.3, -0.25) is 28.4 Å². The smallest absolute Gasteiger partial charge is 0.249 e. The van der Waals surface area contributed by atoms with Gasteiger partial charge < -0.3 is 81.7 Å². The lowest BCUT2D eigenvalue weighted by molar-refractivity contribution is -0.0620. The maximum absolute atomic E-state index is 13.4. The summed E-state index contributed by atoms with van der Waals surface area (Å²) >= 11 is 0. The molecule has 0 amide bonds. The van der Waals surface area contributed by atoms with E-state index in [1.807, 2.05) is 0 Å². The Labute approximate surface area is 732 Å². The number of alkyl halides is 4. The third-order valence-corrected chi connectivity index (χ3v) is 26.6. The van der Waals surface area contributed by atoms with Crippen LogP contribution in [-0.2, 0) is 56.5 Å². The van der Waals surface area contributed by atoms with E-state index in [4.69, 9.17) is 41.1 Å². The van der Waals surface area contributed by atoms with Gasteiger partial charge in [0.1, 0.15) is 108 Å². The van der Waals surface area contributed by atoms with Crippen molar-refractivity contribution in [3.8, 4) is 0 Å². The Morgan fingerprint density at radius 3 is 1.05 bits per heavy atom. The van der Waals surface area contributed by atoms with Crippen LogP contribution in [0.3, 0.4) is 0 Å². The second-order valence-electron chi connectivity index (χ2n) is 37.6. The van der Waals surface area contributed by atoms with E-state index < -0.39 is 85.5 Å². The fourth-order valence-electron chi connectivity index (χ4n) is 19.5. The van der Waals surface area contributed by atoms with Gasteiger partial charge in [0.25, 0.3) is 0 Å². The molecule has 18 rings (SSSR count). The number of hydrogen-bond donors (Lipinski definition) is 12. The number of nitrogens with zero attached hydrogens (tertiary/aromatic N) is 18. The van der Waals surface area contributed by atoms with Gasteiger partial charge in [0.05, 0.1) is 58.7 Å². The Morgan fingerprint density at radius 2 is 0.748 bits per heavy atom. The monoisotopic (exact) mass is 1760 g/mol. The molecule has 3 saturated carbocycles. The van der Waals surface area contributed by atoms with Crippen LogP contribution < -0.4 is 17.2 Å². The van der Waals surface area contributed by atoms with E-state index in [2.05, 4.69) is 158 Å². The Morgan fingerprint density at radius 1 is 0.441 bits per heavy atom. The minimum absolute atomic E-state index is 0.0621. The van der Waals surface area contributed by atoms with Gasteiger partial charge in [0.2, 0.25) is 11.8 Å². The number of aryl methyl sites for hydroxylation is 3. The van der Waals surface area contributed by atoms with Crippen molar-refractivity contribution < 1.29 is 67.1 Å². The van der Waals surface area contributed by atoms with Crippen LogP contribution in [0.2, 0.25) is 0 Å². The highest BCUT2D eigenvalue weighted by molar-refractivity contribution is 5.83. The number of aliphatic hydroxyl groups is 6. The summed E-state index contributed by atoms with van der Waals surface area (Å²) < 4.78 is 82.6. The summed E-state index contributed by atoms with van der Waals surface area (Å²) in [5.41, 5.74) is 28.0. The molecule has 684 valence electrons. The molecule has 0 unspecified atom stereocenters. The SMILES string of the molecule is CC(C)N(C[C@H]1O[C@@H](n2cnc3c(N)ncnc32)[C@H](O)[C@@H]1O)C1CC(CCc2nc3ccc(CC(C)(F)F)cc3[nH]2)C1.CC(C)N(C[C@H]1O[C@@H](n2cnc3c(N)ncnc32)[C@H](O)[C@@H]1O)C1CC(CCc2nc3ccc(CC(C)(F)F)cc3[nH]2)C1.COCC(C)(C)c1ccc2nc(CCC3CC(N(C[C@H]4O[C@@H](n5cnc6c(N)ncnc65)[C@H](O)[C@@H]4O)C(C)C)C3)[nH]c2c1. The maximum atomic E-state index is 13.4. The Balaban J connectivity index is 0.000000140. The molecule has 0 bridgehead atoms.